The van der Waals surface area contributed by atoms with Crippen molar-refractivity contribution in [1.82, 2.24) is 5.32 Å². The van der Waals surface area contributed by atoms with Gasteiger partial charge in [-0.2, -0.15) is 11.3 Å². The number of aliphatic hydroxyl groups excluding tert-OH is 1. The summed E-state index contributed by atoms with van der Waals surface area (Å²) in [6.07, 6.45) is 2.11. The third kappa shape index (κ3) is 1.93. The van der Waals surface area contributed by atoms with Crippen LogP contribution in [0.3, 0.4) is 0 Å². The summed E-state index contributed by atoms with van der Waals surface area (Å²) in [7, 11) is 0. The SMILES string of the molecule is OCC1(Cc2ccsc2)CCNC1. The molecular formula is C10H15NOS. The maximum Gasteiger partial charge on any atom is 0.0503 e. The van der Waals surface area contributed by atoms with Crippen molar-refractivity contribution in [1.29, 1.82) is 0 Å². The Morgan fingerprint density at radius 2 is 2.54 bits per heavy atom. The largest absolute Gasteiger partial charge is 0.396 e. The fourth-order valence-electron chi connectivity index (χ4n) is 1.96. The van der Waals surface area contributed by atoms with Gasteiger partial charge < -0.3 is 10.4 Å². The van der Waals surface area contributed by atoms with Crippen LogP contribution in [0.5, 0.6) is 0 Å². The lowest BCUT2D eigenvalue weighted by Crippen LogP contribution is -2.30. The molecular weight excluding hydrogens is 182 g/mol. The lowest BCUT2D eigenvalue weighted by atomic mass is 9.82. The Morgan fingerprint density at radius 1 is 1.62 bits per heavy atom. The lowest BCUT2D eigenvalue weighted by molar-refractivity contribution is 0.143. The summed E-state index contributed by atoms with van der Waals surface area (Å²) in [6.45, 7) is 2.31. The van der Waals surface area contributed by atoms with Crippen LogP contribution >= 0.6 is 11.3 Å². The van der Waals surface area contributed by atoms with Gasteiger partial charge in [0.2, 0.25) is 0 Å². The van der Waals surface area contributed by atoms with Crippen LogP contribution in [0.4, 0.5) is 0 Å². The van der Waals surface area contributed by atoms with E-state index in [9.17, 15) is 5.11 Å². The summed E-state index contributed by atoms with van der Waals surface area (Å²) in [4.78, 5) is 0. The Hall–Kier alpha value is -0.380. The Balaban J connectivity index is 2.06. The van der Waals surface area contributed by atoms with Gasteiger partial charge in [0, 0.05) is 12.0 Å². The first-order valence-corrected chi connectivity index (χ1v) is 5.62. The predicted molar refractivity (Wildman–Crippen MR) is 55.0 cm³/mol. The van der Waals surface area contributed by atoms with Crippen LogP contribution in [0.2, 0.25) is 0 Å². The van der Waals surface area contributed by atoms with E-state index < -0.39 is 0 Å². The standard InChI is InChI=1S/C10H15NOS/c12-8-10(2-3-11-7-10)5-9-1-4-13-6-9/h1,4,6,11-12H,2-3,5,7-8H2. The maximum absolute atomic E-state index is 9.38. The van der Waals surface area contributed by atoms with Gasteiger partial charge in [-0.1, -0.05) is 0 Å². The van der Waals surface area contributed by atoms with E-state index in [0.29, 0.717) is 6.61 Å². The van der Waals surface area contributed by atoms with Crippen molar-refractivity contribution in [3.05, 3.63) is 22.4 Å². The van der Waals surface area contributed by atoms with Gasteiger partial charge in [0.1, 0.15) is 0 Å². The molecule has 0 amide bonds. The summed E-state index contributed by atoms with van der Waals surface area (Å²) in [6, 6.07) is 2.15. The average Bonchev–Trinajstić information content (AvgIpc) is 2.77. The van der Waals surface area contributed by atoms with Gasteiger partial charge >= 0.3 is 0 Å². The number of nitrogens with one attached hydrogen (secondary N) is 1. The quantitative estimate of drug-likeness (QED) is 0.764. The van der Waals surface area contributed by atoms with Crippen LogP contribution in [0.1, 0.15) is 12.0 Å². The summed E-state index contributed by atoms with van der Waals surface area (Å²) < 4.78 is 0. The van der Waals surface area contributed by atoms with Gasteiger partial charge in [-0.15, -0.1) is 0 Å². The summed E-state index contributed by atoms with van der Waals surface area (Å²) in [5.41, 5.74) is 1.48. The van der Waals surface area contributed by atoms with Gasteiger partial charge in [0.25, 0.3) is 0 Å². The van der Waals surface area contributed by atoms with Crippen molar-refractivity contribution in [2.75, 3.05) is 19.7 Å². The Kier molecular flexibility index (Phi) is 2.67. The Bertz CT molecular complexity index is 252. The third-order valence-electron chi connectivity index (χ3n) is 2.83. The summed E-state index contributed by atoms with van der Waals surface area (Å²) >= 11 is 1.73. The van der Waals surface area contributed by atoms with Gasteiger partial charge in [-0.05, 0) is 41.8 Å². The first-order chi connectivity index (χ1) is 6.35. The summed E-state index contributed by atoms with van der Waals surface area (Å²) in [5, 5.41) is 17.0. The Morgan fingerprint density at radius 3 is 3.08 bits per heavy atom. The highest BCUT2D eigenvalue weighted by Crippen LogP contribution is 2.29. The van der Waals surface area contributed by atoms with Crippen LogP contribution in [-0.2, 0) is 6.42 Å². The molecule has 1 unspecified atom stereocenters. The van der Waals surface area contributed by atoms with Gasteiger partial charge in [0.15, 0.2) is 0 Å². The van der Waals surface area contributed by atoms with Crippen molar-refractivity contribution >= 4 is 11.3 Å². The van der Waals surface area contributed by atoms with Gasteiger partial charge in [0.05, 0.1) is 6.61 Å². The normalized spacial score (nSPS) is 28.1. The first-order valence-electron chi connectivity index (χ1n) is 4.67. The maximum atomic E-state index is 9.38. The van der Waals surface area contributed by atoms with Crippen molar-refractivity contribution in [2.45, 2.75) is 12.8 Å². The van der Waals surface area contributed by atoms with Crippen molar-refractivity contribution in [3.63, 3.8) is 0 Å². The molecule has 13 heavy (non-hydrogen) atoms. The zero-order valence-electron chi connectivity index (χ0n) is 7.62. The monoisotopic (exact) mass is 197 g/mol. The van der Waals surface area contributed by atoms with Crippen molar-refractivity contribution in [2.24, 2.45) is 5.41 Å². The zero-order chi connectivity index (χ0) is 9.15. The molecule has 0 radical (unpaired) electrons. The van der Waals surface area contributed by atoms with Gasteiger partial charge in [-0.3, -0.25) is 0 Å². The minimum Gasteiger partial charge on any atom is -0.396 e. The molecule has 0 saturated carbocycles. The highest BCUT2D eigenvalue weighted by molar-refractivity contribution is 7.07. The second-order valence-electron chi connectivity index (χ2n) is 3.89. The van der Waals surface area contributed by atoms with E-state index in [4.69, 9.17) is 0 Å². The molecule has 1 fully saturated rings. The second-order valence-corrected chi connectivity index (χ2v) is 4.67. The number of rotatable bonds is 3. The van der Waals surface area contributed by atoms with E-state index >= 15 is 0 Å². The summed E-state index contributed by atoms with van der Waals surface area (Å²) in [5.74, 6) is 0. The van der Waals surface area contributed by atoms with E-state index in [1.54, 1.807) is 11.3 Å². The van der Waals surface area contributed by atoms with E-state index in [-0.39, 0.29) is 5.41 Å². The average molecular weight is 197 g/mol. The van der Waals surface area contributed by atoms with E-state index in [1.807, 2.05) is 0 Å². The molecule has 2 N–H and O–H groups in total. The smallest absolute Gasteiger partial charge is 0.0503 e. The molecule has 3 heteroatoms. The number of thiophene rings is 1. The molecule has 1 aromatic heterocycles. The van der Waals surface area contributed by atoms with Crippen molar-refractivity contribution < 1.29 is 5.11 Å². The molecule has 0 bridgehead atoms. The predicted octanol–water partition coefficient (Wildman–Crippen LogP) is 1.26. The fourth-order valence-corrected chi connectivity index (χ4v) is 2.63. The number of hydrogen-bond acceptors (Lipinski definition) is 3. The highest BCUT2D eigenvalue weighted by atomic mass is 32.1. The van der Waals surface area contributed by atoms with E-state index in [0.717, 1.165) is 25.9 Å². The molecule has 2 heterocycles. The fraction of sp³-hybridized carbons (Fsp3) is 0.600. The Labute approximate surface area is 82.6 Å². The lowest BCUT2D eigenvalue weighted by Gasteiger charge is -2.24. The molecule has 1 aliphatic rings. The molecule has 1 aromatic rings. The van der Waals surface area contributed by atoms with Crippen molar-refractivity contribution in [3.8, 4) is 0 Å². The van der Waals surface area contributed by atoms with Crippen LogP contribution in [0.25, 0.3) is 0 Å². The van der Waals surface area contributed by atoms with E-state index in [2.05, 4.69) is 22.1 Å². The van der Waals surface area contributed by atoms with Crippen LogP contribution in [0, 0.1) is 5.41 Å². The molecule has 1 saturated heterocycles. The molecule has 0 aliphatic carbocycles. The minimum absolute atomic E-state index is 0.112. The number of hydrogen-bond donors (Lipinski definition) is 2. The molecule has 2 nitrogen and oxygen atoms in total. The molecule has 2 rings (SSSR count). The molecule has 0 spiro atoms. The molecule has 0 aromatic carbocycles. The van der Waals surface area contributed by atoms with Gasteiger partial charge in [-0.25, -0.2) is 0 Å². The highest BCUT2D eigenvalue weighted by Gasteiger charge is 2.33. The first kappa shape index (κ1) is 9.19. The van der Waals surface area contributed by atoms with Crippen LogP contribution in [-0.4, -0.2) is 24.8 Å². The molecule has 72 valence electrons. The topological polar surface area (TPSA) is 32.3 Å². The molecule has 1 atom stereocenters. The third-order valence-corrected chi connectivity index (χ3v) is 3.56. The minimum atomic E-state index is 0.112. The van der Waals surface area contributed by atoms with E-state index in [1.165, 1.54) is 5.56 Å². The van der Waals surface area contributed by atoms with Crippen LogP contribution < -0.4 is 5.32 Å². The zero-order valence-corrected chi connectivity index (χ0v) is 8.44. The molecule has 1 aliphatic heterocycles. The van der Waals surface area contributed by atoms with Crippen LogP contribution in [0.15, 0.2) is 16.8 Å². The second kappa shape index (κ2) is 3.78. The number of aliphatic hydroxyl groups is 1.